The van der Waals surface area contributed by atoms with Crippen LogP contribution in [0.25, 0.3) is 0 Å². The third kappa shape index (κ3) is 6.38. The fourth-order valence-electron chi connectivity index (χ4n) is 3.08. The molecular weight excluding hydrogens is 330 g/mol. The van der Waals surface area contributed by atoms with Crippen LogP contribution in [0.3, 0.4) is 0 Å². The molecule has 1 heterocycles. The van der Waals surface area contributed by atoms with E-state index in [0.29, 0.717) is 0 Å². The number of hydrogen-bond donors (Lipinski definition) is 1. The van der Waals surface area contributed by atoms with E-state index >= 15 is 0 Å². The van der Waals surface area contributed by atoms with Crippen LogP contribution in [0.1, 0.15) is 58.3 Å². The van der Waals surface area contributed by atoms with E-state index in [2.05, 4.69) is 29.9 Å². The van der Waals surface area contributed by atoms with Crippen molar-refractivity contribution < 1.29 is 4.79 Å². The molecule has 25 heavy (non-hydrogen) atoms. The summed E-state index contributed by atoms with van der Waals surface area (Å²) >= 11 is 1.66. The second-order valence-electron chi connectivity index (χ2n) is 6.50. The molecule has 1 aliphatic carbocycles. The summed E-state index contributed by atoms with van der Waals surface area (Å²) in [6.07, 6.45) is 16.7. The predicted octanol–water partition coefficient (Wildman–Crippen LogP) is 5.25. The van der Waals surface area contributed by atoms with Crippen molar-refractivity contribution in [3.05, 3.63) is 36.6 Å². The summed E-state index contributed by atoms with van der Waals surface area (Å²) in [5.74, 6) is 1.01. The van der Waals surface area contributed by atoms with Crippen LogP contribution in [-0.4, -0.2) is 34.4 Å². The van der Waals surface area contributed by atoms with Gasteiger partial charge in [0.2, 0.25) is 0 Å². The van der Waals surface area contributed by atoms with Crippen LogP contribution in [0.5, 0.6) is 0 Å². The number of hydrogen-bond acceptors (Lipinski definition) is 3. The highest BCUT2D eigenvalue weighted by atomic mass is 32.2. The Morgan fingerprint density at radius 3 is 2.80 bits per heavy atom. The summed E-state index contributed by atoms with van der Waals surface area (Å²) in [5.41, 5.74) is 0.838. The lowest BCUT2D eigenvalue weighted by Crippen LogP contribution is -2.47. The summed E-state index contributed by atoms with van der Waals surface area (Å²) < 4.78 is 0. The van der Waals surface area contributed by atoms with Gasteiger partial charge in [0, 0.05) is 18.3 Å². The van der Waals surface area contributed by atoms with Crippen LogP contribution in [-0.2, 0) is 0 Å². The van der Waals surface area contributed by atoms with E-state index < -0.39 is 0 Å². The molecule has 1 aliphatic heterocycles. The molecule has 0 saturated heterocycles. The average molecular weight is 362 g/mol. The Kier molecular flexibility index (Phi) is 8.87. The summed E-state index contributed by atoms with van der Waals surface area (Å²) in [4.78, 5) is 19.4. The summed E-state index contributed by atoms with van der Waals surface area (Å²) in [7, 11) is 0. The van der Waals surface area contributed by atoms with Crippen molar-refractivity contribution >= 4 is 23.0 Å². The number of amidine groups is 1. The summed E-state index contributed by atoms with van der Waals surface area (Å²) in [6.45, 7) is 6.75. The molecule has 0 unspecified atom stereocenters. The standard InChI is InChI=1S/C20H31N3OS/c1-3-5-7-14-18(11-4-2)23(20-21-15-10-16-25-20)19(24)22-17-12-8-6-9-13-17/h4,7,11,14,17H,2-3,5-6,8-10,12-13,15-16H2,1H3,(H,22,24)/b14-7-,18-11+. The lowest BCUT2D eigenvalue weighted by molar-refractivity contribution is 0.220. The van der Waals surface area contributed by atoms with E-state index in [0.717, 1.165) is 55.3 Å². The molecule has 0 aromatic heterocycles. The molecule has 0 radical (unpaired) electrons. The van der Waals surface area contributed by atoms with Gasteiger partial charge in [-0.25, -0.2) is 9.69 Å². The Bertz CT molecular complexity index is 533. The van der Waals surface area contributed by atoms with Crippen molar-refractivity contribution in [2.75, 3.05) is 12.3 Å². The topological polar surface area (TPSA) is 44.7 Å². The second kappa shape index (κ2) is 11.2. The van der Waals surface area contributed by atoms with Crippen molar-refractivity contribution in [1.29, 1.82) is 0 Å². The first-order chi connectivity index (χ1) is 12.3. The van der Waals surface area contributed by atoms with Crippen LogP contribution < -0.4 is 5.32 Å². The SMILES string of the molecule is C=C/C=C(\C=C/CCC)N(C(=O)NC1CCCCC1)C1=NCCCS1. The molecule has 0 spiro atoms. The number of nitrogens with one attached hydrogen (secondary N) is 1. The van der Waals surface area contributed by atoms with Gasteiger partial charge in [-0.3, -0.25) is 4.99 Å². The minimum absolute atomic E-state index is 0.0608. The molecule has 2 rings (SSSR count). The Morgan fingerprint density at radius 2 is 2.16 bits per heavy atom. The van der Waals surface area contributed by atoms with E-state index in [1.807, 2.05) is 12.2 Å². The molecule has 4 nitrogen and oxygen atoms in total. The number of allylic oxidation sites excluding steroid dienone is 4. The maximum Gasteiger partial charge on any atom is 0.328 e. The Morgan fingerprint density at radius 1 is 1.36 bits per heavy atom. The van der Waals surface area contributed by atoms with Gasteiger partial charge in [0.05, 0.1) is 5.70 Å². The molecule has 1 N–H and O–H groups in total. The van der Waals surface area contributed by atoms with Gasteiger partial charge in [-0.2, -0.15) is 0 Å². The van der Waals surface area contributed by atoms with Gasteiger partial charge >= 0.3 is 6.03 Å². The number of nitrogens with zero attached hydrogens (tertiary/aromatic N) is 2. The van der Waals surface area contributed by atoms with E-state index in [9.17, 15) is 4.79 Å². The van der Waals surface area contributed by atoms with E-state index in [1.165, 1.54) is 19.3 Å². The smallest absolute Gasteiger partial charge is 0.328 e. The zero-order chi connectivity index (χ0) is 17.9. The highest BCUT2D eigenvalue weighted by molar-refractivity contribution is 8.13. The largest absolute Gasteiger partial charge is 0.335 e. The molecule has 0 aromatic rings. The van der Waals surface area contributed by atoms with Gasteiger partial charge in [0.1, 0.15) is 0 Å². The second-order valence-corrected chi connectivity index (χ2v) is 7.57. The van der Waals surface area contributed by atoms with Gasteiger partial charge in [-0.1, -0.05) is 63.1 Å². The number of unbranched alkanes of at least 4 members (excludes halogenated alkanes) is 1. The van der Waals surface area contributed by atoms with Gasteiger partial charge in [0.15, 0.2) is 5.17 Å². The molecule has 2 amide bonds. The van der Waals surface area contributed by atoms with Gasteiger partial charge in [-0.15, -0.1) is 0 Å². The van der Waals surface area contributed by atoms with E-state index in [1.54, 1.807) is 22.7 Å². The van der Waals surface area contributed by atoms with Crippen molar-refractivity contribution in [3.8, 4) is 0 Å². The first kappa shape index (κ1) is 19.8. The normalized spacial score (nSPS) is 19.6. The maximum atomic E-state index is 13.1. The molecule has 138 valence electrons. The first-order valence-corrected chi connectivity index (χ1v) is 10.5. The monoisotopic (exact) mass is 361 g/mol. The molecule has 0 aromatic carbocycles. The number of urea groups is 1. The molecule has 0 atom stereocenters. The third-order valence-electron chi connectivity index (χ3n) is 4.40. The van der Waals surface area contributed by atoms with Crippen LogP contribution >= 0.6 is 11.8 Å². The Hall–Kier alpha value is -1.49. The number of amides is 2. The fourth-order valence-corrected chi connectivity index (χ4v) is 4.04. The Balaban J connectivity index is 2.20. The lowest BCUT2D eigenvalue weighted by Gasteiger charge is -2.30. The number of carbonyl (C=O) groups is 1. The molecule has 5 heteroatoms. The van der Waals surface area contributed by atoms with Gasteiger partial charge in [-0.05, 0) is 37.8 Å². The van der Waals surface area contributed by atoms with Crippen LogP contribution in [0.4, 0.5) is 4.79 Å². The van der Waals surface area contributed by atoms with E-state index in [-0.39, 0.29) is 12.1 Å². The number of rotatable bonds is 6. The van der Waals surface area contributed by atoms with Gasteiger partial charge in [0.25, 0.3) is 0 Å². The molecule has 2 aliphatic rings. The van der Waals surface area contributed by atoms with E-state index in [4.69, 9.17) is 0 Å². The molecule has 0 bridgehead atoms. The predicted molar refractivity (Wildman–Crippen MR) is 109 cm³/mol. The quantitative estimate of drug-likeness (QED) is 0.657. The minimum Gasteiger partial charge on any atom is -0.335 e. The maximum absolute atomic E-state index is 13.1. The van der Waals surface area contributed by atoms with Gasteiger partial charge < -0.3 is 5.32 Å². The van der Waals surface area contributed by atoms with Crippen molar-refractivity contribution in [2.24, 2.45) is 4.99 Å². The molecule has 1 fully saturated rings. The van der Waals surface area contributed by atoms with Crippen molar-refractivity contribution in [2.45, 2.75) is 64.3 Å². The zero-order valence-electron chi connectivity index (χ0n) is 15.4. The Labute approximate surface area is 156 Å². The average Bonchev–Trinajstić information content (AvgIpc) is 2.64. The van der Waals surface area contributed by atoms with Crippen molar-refractivity contribution in [3.63, 3.8) is 0 Å². The third-order valence-corrected chi connectivity index (χ3v) is 5.46. The summed E-state index contributed by atoms with van der Waals surface area (Å²) in [6, 6.07) is 0.219. The summed E-state index contributed by atoms with van der Waals surface area (Å²) in [5, 5.41) is 4.03. The molecule has 1 saturated carbocycles. The van der Waals surface area contributed by atoms with Crippen LogP contribution in [0.2, 0.25) is 0 Å². The van der Waals surface area contributed by atoms with Crippen LogP contribution in [0, 0.1) is 0 Å². The van der Waals surface area contributed by atoms with Crippen LogP contribution in [0.15, 0.2) is 41.6 Å². The first-order valence-electron chi connectivity index (χ1n) is 9.53. The van der Waals surface area contributed by atoms with Crippen molar-refractivity contribution in [1.82, 2.24) is 10.2 Å². The highest BCUT2D eigenvalue weighted by Gasteiger charge is 2.26. The zero-order valence-corrected chi connectivity index (χ0v) is 16.2. The highest BCUT2D eigenvalue weighted by Crippen LogP contribution is 2.23. The minimum atomic E-state index is -0.0608. The lowest BCUT2D eigenvalue weighted by atomic mass is 9.96. The fraction of sp³-hybridized carbons (Fsp3) is 0.600. The number of carbonyl (C=O) groups excluding carboxylic acids is 1. The molecular formula is C20H31N3OS. The number of thioether (sulfide) groups is 1. The number of aliphatic imine (C=N–C) groups is 1.